The maximum atomic E-state index is 10.3. The summed E-state index contributed by atoms with van der Waals surface area (Å²) in [7, 11) is -1.48. The van der Waals surface area contributed by atoms with Gasteiger partial charge in [0.05, 0.1) is 6.10 Å². The molecule has 0 bridgehead atoms. The summed E-state index contributed by atoms with van der Waals surface area (Å²) < 4.78 is 5.85. The first-order chi connectivity index (χ1) is 5.37. The molecule has 0 saturated carbocycles. The van der Waals surface area contributed by atoms with Gasteiger partial charge in [-0.1, -0.05) is 13.8 Å². The summed E-state index contributed by atoms with van der Waals surface area (Å²) in [5.41, 5.74) is 0. The average molecular weight is 188 g/mol. The quantitative estimate of drug-likeness (QED) is 0.489. The van der Waals surface area contributed by atoms with E-state index in [1.807, 2.05) is 0 Å². The minimum Gasteiger partial charge on any atom is -0.414 e. The van der Waals surface area contributed by atoms with Gasteiger partial charge < -0.3 is 9.22 Å². The summed E-state index contributed by atoms with van der Waals surface area (Å²) in [5.74, 6) is 0.432. The molecular formula is C9H20O2Si. The second-order valence-corrected chi connectivity index (χ2v) is 8.88. The molecular weight excluding hydrogens is 168 g/mol. The Morgan fingerprint density at radius 1 is 1.33 bits per heavy atom. The first kappa shape index (κ1) is 11.8. The first-order valence-corrected chi connectivity index (χ1v) is 7.89. The number of hydrogen-bond acceptors (Lipinski definition) is 2. The fourth-order valence-electron chi connectivity index (χ4n) is 1.01. The van der Waals surface area contributed by atoms with E-state index in [2.05, 4.69) is 33.5 Å². The largest absolute Gasteiger partial charge is 0.414 e. The summed E-state index contributed by atoms with van der Waals surface area (Å²) in [4.78, 5) is 10.3. The van der Waals surface area contributed by atoms with Crippen LogP contribution in [0.2, 0.25) is 19.6 Å². The monoisotopic (exact) mass is 188 g/mol. The number of rotatable bonds is 5. The lowest BCUT2D eigenvalue weighted by Crippen LogP contribution is -2.35. The molecule has 0 saturated heterocycles. The van der Waals surface area contributed by atoms with Crippen molar-refractivity contribution >= 4 is 14.6 Å². The Morgan fingerprint density at radius 3 is 2.08 bits per heavy atom. The topological polar surface area (TPSA) is 26.3 Å². The molecule has 0 aliphatic carbocycles. The van der Waals surface area contributed by atoms with Gasteiger partial charge in [0.15, 0.2) is 8.32 Å². The van der Waals surface area contributed by atoms with Gasteiger partial charge in [0, 0.05) is 6.42 Å². The summed E-state index contributed by atoms with van der Waals surface area (Å²) in [6.45, 7) is 10.6. The van der Waals surface area contributed by atoms with Gasteiger partial charge in [-0.05, 0) is 25.6 Å². The van der Waals surface area contributed by atoms with E-state index in [0.29, 0.717) is 12.3 Å². The van der Waals surface area contributed by atoms with Crippen molar-refractivity contribution in [3.8, 4) is 0 Å². The summed E-state index contributed by atoms with van der Waals surface area (Å²) in [6.07, 6.45) is 1.60. The third kappa shape index (κ3) is 5.49. The second kappa shape index (κ2) is 4.77. The van der Waals surface area contributed by atoms with Gasteiger partial charge in [0.25, 0.3) is 0 Å². The second-order valence-electron chi connectivity index (χ2n) is 4.42. The minimum absolute atomic E-state index is 0.120. The maximum absolute atomic E-state index is 10.3. The standard InChI is InChI=1S/C9H20O2Si/c1-8(2)9(6-7-10)11-12(3,4)5/h7-9H,6H2,1-5H3/t9-/m1/s1. The Kier molecular flexibility index (Phi) is 4.71. The lowest BCUT2D eigenvalue weighted by Gasteiger charge is -2.27. The Morgan fingerprint density at radius 2 is 1.83 bits per heavy atom. The van der Waals surface area contributed by atoms with Gasteiger partial charge in [-0.15, -0.1) is 0 Å². The number of aldehydes is 1. The molecule has 3 heteroatoms. The molecule has 0 fully saturated rings. The molecule has 0 unspecified atom stereocenters. The Bertz CT molecular complexity index is 138. The van der Waals surface area contributed by atoms with Crippen LogP contribution in [0.1, 0.15) is 20.3 Å². The zero-order chi connectivity index (χ0) is 9.78. The van der Waals surface area contributed by atoms with Crippen molar-refractivity contribution in [3.05, 3.63) is 0 Å². The van der Waals surface area contributed by atoms with Crippen molar-refractivity contribution < 1.29 is 9.22 Å². The molecule has 0 N–H and O–H groups in total. The highest BCUT2D eigenvalue weighted by Gasteiger charge is 2.22. The first-order valence-electron chi connectivity index (χ1n) is 4.48. The highest BCUT2D eigenvalue weighted by atomic mass is 28.4. The Hall–Kier alpha value is -0.153. The van der Waals surface area contributed by atoms with Crippen LogP contribution in [0.25, 0.3) is 0 Å². The molecule has 0 aromatic heterocycles. The van der Waals surface area contributed by atoms with Gasteiger partial charge in [-0.25, -0.2) is 0 Å². The van der Waals surface area contributed by atoms with Crippen LogP contribution in [-0.2, 0) is 9.22 Å². The molecule has 0 amide bonds. The molecule has 0 heterocycles. The van der Waals surface area contributed by atoms with Gasteiger partial charge in [-0.2, -0.15) is 0 Å². The molecule has 0 rings (SSSR count). The summed E-state index contributed by atoms with van der Waals surface area (Å²) in [6, 6.07) is 0. The fraction of sp³-hybridized carbons (Fsp3) is 0.889. The smallest absolute Gasteiger partial charge is 0.184 e. The van der Waals surface area contributed by atoms with Crippen molar-refractivity contribution in [1.29, 1.82) is 0 Å². The van der Waals surface area contributed by atoms with Crippen LogP contribution in [0.3, 0.4) is 0 Å². The van der Waals surface area contributed by atoms with Crippen LogP contribution >= 0.6 is 0 Å². The molecule has 12 heavy (non-hydrogen) atoms. The molecule has 0 spiro atoms. The zero-order valence-corrected chi connectivity index (χ0v) is 9.76. The highest BCUT2D eigenvalue weighted by molar-refractivity contribution is 6.69. The molecule has 0 radical (unpaired) electrons. The zero-order valence-electron chi connectivity index (χ0n) is 8.76. The van der Waals surface area contributed by atoms with Crippen molar-refractivity contribution in [2.75, 3.05) is 0 Å². The van der Waals surface area contributed by atoms with Crippen LogP contribution in [0.15, 0.2) is 0 Å². The third-order valence-electron chi connectivity index (χ3n) is 1.58. The van der Waals surface area contributed by atoms with Gasteiger partial charge in [0.2, 0.25) is 0 Å². The molecule has 0 aromatic rings. The van der Waals surface area contributed by atoms with Crippen molar-refractivity contribution in [2.24, 2.45) is 5.92 Å². The predicted octanol–water partition coefficient (Wildman–Crippen LogP) is 2.45. The van der Waals surface area contributed by atoms with Crippen LogP contribution in [0.4, 0.5) is 0 Å². The normalized spacial score (nSPS) is 14.8. The molecule has 2 nitrogen and oxygen atoms in total. The minimum atomic E-state index is -1.48. The van der Waals surface area contributed by atoms with E-state index in [1.54, 1.807) is 0 Å². The highest BCUT2D eigenvalue weighted by Crippen LogP contribution is 2.15. The van der Waals surface area contributed by atoms with E-state index in [-0.39, 0.29) is 6.10 Å². The van der Waals surface area contributed by atoms with Gasteiger partial charge in [0.1, 0.15) is 6.29 Å². The van der Waals surface area contributed by atoms with Crippen LogP contribution in [0.5, 0.6) is 0 Å². The third-order valence-corrected chi connectivity index (χ3v) is 2.59. The van der Waals surface area contributed by atoms with E-state index >= 15 is 0 Å². The van der Waals surface area contributed by atoms with Crippen molar-refractivity contribution in [1.82, 2.24) is 0 Å². The van der Waals surface area contributed by atoms with Crippen LogP contribution in [-0.4, -0.2) is 20.7 Å². The summed E-state index contributed by atoms with van der Waals surface area (Å²) in [5, 5.41) is 0. The average Bonchev–Trinajstić information content (AvgIpc) is 1.83. The lowest BCUT2D eigenvalue weighted by atomic mass is 10.1. The molecule has 0 aromatic carbocycles. The van der Waals surface area contributed by atoms with E-state index in [9.17, 15) is 4.79 Å². The van der Waals surface area contributed by atoms with E-state index < -0.39 is 8.32 Å². The molecule has 72 valence electrons. The maximum Gasteiger partial charge on any atom is 0.184 e. The van der Waals surface area contributed by atoms with E-state index in [1.165, 1.54) is 0 Å². The molecule has 1 atom stereocenters. The van der Waals surface area contributed by atoms with Crippen molar-refractivity contribution in [2.45, 2.75) is 46.0 Å². The molecule has 0 aliphatic heterocycles. The van der Waals surface area contributed by atoms with E-state index in [0.717, 1.165) is 6.29 Å². The van der Waals surface area contributed by atoms with Crippen LogP contribution in [0, 0.1) is 5.92 Å². The van der Waals surface area contributed by atoms with E-state index in [4.69, 9.17) is 4.43 Å². The SMILES string of the molecule is CC(C)[C@@H](CC=O)O[Si](C)(C)C. The Labute approximate surface area is 76.4 Å². The number of carbonyl (C=O) groups excluding carboxylic acids is 1. The van der Waals surface area contributed by atoms with Gasteiger partial charge in [-0.3, -0.25) is 0 Å². The van der Waals surface area contributed by atoms with Gasteiger partial charge >= 0.3 is 0 Å². The van der Waals surface area contributed by atoms with Crippen LogP contribution < -0.4 is 0 Å². The van der Waals surface area contributed by atoms with Crippen molar-refractivity contribution in [3.63, 3.8) is 0 Å². The molecule has 0 aliphatic rings. The number of carbonyl (C=O) groups is 1. The number of hydrogen-bond donors (Lipinski definition) is 0. The fourth-order valence-corrected chi connectivity index (χ4v) is 2.28. The predicted molar refractivity (Wildman–Crippen MR) is 53.7 cm³/mol. The lowest BCUT2D eigenvalue weighted by molar-refractivity contribution is -0.109. The Balaban J connectivity index is 4.04. The summed E-state index contributed by atoms with van der Waals surface area (Å²) >= 11 is 0.